The predicted molar refractivity (Wildman–Crippen MR) is 92.7 cm³/mol. The molecule has 138 valence electrons. The molecule has 0 spiro atoms. The molecule has 26 heavy (non-hydrogen) atoms. The van der Waals surface area contributed by atoms with Crippen molar-refractivity contribution in [3.63, 3.8) is 0 Å². The van der Waals surface area contributed by atoms with Crippen LogP contribution in [0.2, 0.25) is 0 Å². The molecule has 3 heterocycles. The Labute approximate surface area is 151 Å². The first-order valence-electron chi connectivity index (χ1n) is 9.35. The summed E-state index contributed by atoms with van der Waals surface area (Å²) < 4.78 is 20.6. The van der Waals surface area contributed by atoms with Gasteiger partial charge in [0.15, 0.2) is 5.67 Å². The molecule has 6 nitrogen and oxygen atoms in total. The van der Waals surface area contributed by atoms with E-state index in [0.29, 0.717) is 24.4 Å². The van der Waals surface area contributed by atoms with E-state index >= 15 is 4.39 Å². The topological polar surface area (TPSA) is 72.1 Å². The van der Waals surface area contributed by atoms with Crippen LogP contribution in [0, 0.1) is 5.92 Å². The number of hydrogen-bond acceptors (Lipinski definition) is 5. The Morgan fingerprint density at radius 3 is 2.81 bits per heavy atom. The summed E-state index contributed by atoms with van der Waals surface area (Å²) >= 11 is 0. The SMILES string of the molecule is O=C(CC1CCCCC1)N1CCC(F)(c2noc(-c3ccncc3)n2)C1. The average Bonchev–Trinajstić information content (AvgIpc) is 3.32. The molecule has 1 aliphatic carbocycles. The predicted octanol–water partition coefficient (Wildman–Crippen LogP) is 3.50. The maximum atomic E-state index is 15.4. The van der Waals surface area contributed by atoms with Crippen LogP contribution in [0.5, 0.6) is 0 Å². The van der Waals surface area contributed by atoms with Crippen LogP contribution in [0.3, 0.4) is 0 Å². The number of aromatic nitrogens is 3. The van der Waals surface area contributed by atoms with E-state index in [0.717, 1.165) is 12.8 Å². The molecule has 1 atom stereocenters. The van der Waals surface area contributed by atoms with E-state index in [4.69, 9.17) is 4.52 Å². The number of carbonyl (C=O) groups is 1. The zero-order chi connectivity index (χ0) is 18.0. The third kappa shape index (κ3) is 3.48. The molecule has 1 amide bonds. The summed E-state index contributed by atoms with van der Waals surface area (Å²) in [6, 6.07) is 3.47. The lowest BCUT2D eigenvalue weighted by molar-refractivity contribution is -0.132. The second kappa shape index (κ2) is 7.13. The van der Waals surface area contributed by atoms with Crippen molar-refractivity contribution >= 4 is 5.91 Å². The monoisotopic (exact) mass is 358 g/mol. The fourth-order valence-corrected chi connectivity index (χ4v) is 3.95. The Bertz CT molecular complexity index is 760. The van der Waals surface area contributed by atoms with Gasteiger partial charge in [-0.1, -0.05) is 24.4 Å². The van der Waals surface area contributed by atoms with Crippen molar-refractivity contribution < 1.29 is 13.7 Å². The Hall–Kier alpha value is -2.31. The second-order valence-electron chi connectivity index (χ2n) is 7.40. The summed E-state index contributed by atoms with van der Waals surface area (Å²) in [5, 5.41) is 3.84. The van der Waals surface area contributed by atoms with E-state index in [1.807, 2.05) is 0 Å². The molecule has 2 aromatic rings. The van der Waals surface area contributed by atoms with Crippen molar-refractivity contribution in [2.24, 2.45) is 5.92 Å². The van der Waals surface area contributed by atoms with Gasteiger partial charge in [-0.2, -0.15) is 4.98 Å². The molecule has 1 aliphatic heterocycles. The smallest absolute Gasteiger partial charge is 0.258 e. The van der Waals surface area contributed by atoms with Gasteiger partial charge in [0.2, 0.25) is 11.7 Å². The number of carbonyl (C=O) groups excluding carboxylic acids is 1. The van der Waals surface area contributed by atoms with Crippen molar-refractivity contribution in [2.45, 2.75) is 50.6 Å². The van der Waals surface area contributed by atoms with Gasteiger partial charge in [0.1, 0.15) is 0 Å². The first-order valence-corrected chi connectivity index (χ1v) is 9.35. The molecule has 1 unspecified atom stereocenters. The Morgan fingerprint density at radius 2 is 2.04 bits per heavy atom. The van der Waals surface area contributed by atoms with E-state index in [9.17, 15) is 4.79 Å². The summed E-state index contributed by atoms with van der Waals surface area (Å²) in [7, 11) is 0. The zero-order valence-electron chi connectivity index (χ0n) is 14.7. The van der Waals surface area contributed by atoms with Gasteiger partial charge >= 0.3 is 0 Å². The van der Waals surface area contributed by atoms with Crippen molar-refractivity contribution in [2.75, 3.05) is 13.1 Å². The normalized spacial score (nSPS) is 24.1. The fourth-order valence-electron chi connectivity index (χ4n) is 3.95. The van der Waals surface area contributed by atoms with Crippen LogP contribution in [0.4, 0.5) is 4.39 Å². The molecule has 2 aromatic heterocycles. The maximum Gasteiger partial charge on any atom is 0.258 e. The third-order valence-corrected chi connectivity index (χ3v) is 5.51. The fraction of sp³-hybridized carbons (Fsp3) is 0.579. The van der Waals surface area contributed by atoms with Gasteiger partial charge in [-0.15, -0.1) is 0 Å². The number of pyridine rings is 1. The van der Waals surface area contributed by atoms with Crippen LogP contribution in [0.25, 0.3) is 11.5 Å². The number of hydrogen-bond donors (Lipinski definition) is 0. The lowest BCUT2D eigenvalue weighted by Gasteiger charge is -2.24. The lowest BCUT2D eigenvalue weighted by atomic mass is 9.87. The van der Waals surface area contributed by atoms with E-state index in [1.165, 1.54) is 19.3 Å². The van der Waals surface area contributed by atoms with Crippen molar-refractivity contribution in [3.8, 4) is 11.5 Å². The summed E-state index contributed by atoms with van der Waals surface area (Å²) in [6.45, 7) is 0.412. The standard InChI is InChI=1S/C19H23FN4O2/c20-19(18-22-17(26-23-18)15-6-9-21-10-7-15)8-11-24(13-19)16(25)12-14-4-2-1-3-5-14/h6-7,9-10,14H,1-5,8,11-13H2. The van der Waals surface area contributed by atoms with Crippen molar-refractivity contribution in [1.29, 1.82) is 0 Å². The highest BCUT2D eigenvalue weighted by molar-refractivity contribution is 5.77. The van der Waals surface area contributed by atoms with Gasteiger partial charge in [0.25, 0.3) is 5.89 Å². The Balaban J connectivity index is 1.42. The van der Waals surface area contributed by atoms with Crippen LogP contribution < -0.4 is 0 Å². The van der Waals surface area contributed by atoms with Gasteiger partial charge in [-0.3, -0.25) is 9.78 Å². The van der Waals surface area contributed by atoms with Crippen LogP contribution in [-0.4, -0.2) is 39.0 Å². The van der Waals surface area contributed by atoms with Crippen LogP contribution in [0.15, 0.2) is 29.0 Å². The summed E-state index contributed by atoms with van der Waals surface area (Å²) in [5.74, 6) is 0.798. The van der Waals surface area contributed by atoms with E-state index < -0.39 is 5.67 Å². The molecule has 0 N–H and O–H groups in total. The Kier molecular flexibility index (Phi) is 4.70. The molecular formula is C19H23FN4O2. The summed E-state index contributed by atoms with van der Waals surface area (Å²) in [6.07, 6.45) is 9.86. The van der Waals surface area contributed by atoms with Gasteiger partial charge in [-0.05, 0) is 30.9 Å². The van der Waals surface area contributed by atoms with Crippen LogP contribution in [-0.2, 0) is 10.5 Å². The van der Waals surface area contributed by atoms with Crippen molar-refractivity contribution in [1.82, 2.24) is 20.0 Å². The Morgan fingerprint density at radius 1 is 1.27 bits per heavy atom. The van der Waals surface area contributed by atoms with Gasteiger partial charge < -0.3 is 9.42 Å². The average molecular weight is 358 g/mol. The molecular weight excluding hydrogens is 335 g/mol. The van der Waals surface area contributed by atoms with E-state index in [2.05, 4.69) is 15.1 Å². The first kappa shape index (κ1) is 17.1. The molecule has 0 bridgehead atoms. The summed E-state index contributed by atoms with van der Waals surface area (Å²) in [4.78, 5) is 22.3. The molecule has 0 aromatic carbocycles. The molecule has 0 radical (unpaired) electrons. The number of halogens is 1. The molecule has 1 saturated carbocycles. The number of likely N-dealkylation sites (tertiary alicyclic amines) is 1. The number of rotatable bonds is 4. The quantitative estimate of drug-likeness (QED) is 0.836. The third-order valence-electron chi connectivity index (χ3n) is 5.51. The summed E-state index contributed by atoms with van der Waals surface area (Å²) in [5.41, 5.74) is -1.04. The highest BCUT2D eigenvalue weighted by Crippen LogP contribution is 2.36. The highest BCUT2D eigenvalue weighted by Gasteiger charge is 2.45. The van der Waals surface area contributed by atoms with Crippen molar-refractivity contribution in [3.05, 3.63) is 30.4 Å². The second-order valence-corrected chi connectivity index (χ2v) is 7.40. The minimum absolute atomic E-state index is 0.00781. The number of amides is 1. The minimum atomic E-state index is -1.74. The number of alkyl halides is 1. The van der Waals surface area contributed by atoms with Gasteiger partial charge in [-0.25, -0.2) is 4.39 Å². The van der Waals surface area contributed by atoms with E-state index in [1.54, 1.807) is 29.4 Å². The molecule has 4 rings (SSSR count). The zero-order valence-corrected chi connectivity index (χ0v) is 14.7. The first-order chi connectivity index (χ1) is 12.6. The molecule has 2 aliphatic rings. The lowest BCUT2D eigenvalue weighted by Crippen LogP contribution is -2.34. The molecule has 7 heteroatoms. The maximum absolute atomic E-state index is 15.4. The largest absolute Gasteiger partial charge is 0.339 e. The van der Waals surface area contributed by atoms with E-state index in [-0.39, 0.29) is 30.6 Å². The highest BCUT2D eigenvalue weighted by atomic mass is 19.1. The van der Waals surface area contributed by atoms with Crippen LogP contribution >= 0.6 is 0 Å². The number of nitrogens with zero attached hydrogens (tertiary/aromatic N) is 4. The van der Waals surface area contributed by atoms with Gasteiger partial charge in [0.05, 0.1) is 6.54 Å². The molecule has 2 fully saturated rings. The minimum Gasteiger partial charge on any atom is -0.339 e. The van der Waals surface area contributed by atoms with Crippen LogP contribution in [0.1, 0.15) is 50.8 Å². The van der Waals surface area contributed by atoms with Gasteiger partial charge in [0, 0.05) is 37.3 Å². The molecule has 1 saturated heterocycles.